The zero-order valence-corrected chi connectivity index (χ0v) is 11.1. The second-order valence-corrected chi connectivity index (χ2v) is 5.63. The van der Waals surface area contributed by atoms with Crippen molar-refractivity contribution < 1.29 is 0 Å². The lowest BCUT2D eigenvalue weighted by Gasteiger charge is -2.27. The van der Waals surface area contributed by atoms with Crippen LogP contribution in [0.3, 0.4) is 0 Å². The highest BCUT2D eigenvalue weighted by Gasteiger charge is 2.18. The molecule has 2 unspecified atom stereocenters. The van der Waals surface area contributed by atoms with Crippen molar-refractivity contribution in [3.8, 4) is 0 Å². The maximum atomic E-state index is 5.99. The maximum Gasteiger partial charge on any atom is 0.0739 e. The van der Waals surface area contributed by atoms with E-state index in [0.29, 0.717) is 10.7 Å². The summed E-state index contributed by atoms with van der Waals surface area (Å²) in [5.74, 6) is 1.64. The molecule has 0 aliphatic heterocycles. The number of benzene rings is 1. The van der Waals surface area contributed by atoms with Crippen LogP contribution in [0.25, 0.3) is 0 Å². The minimum atomic E-state index is 0.631. The highest BCUT2D eigenvalue weighted by molar-refractivity contribution is 6.33. The third-order valence-corrected chi connectivity index (χ3v) is 4.01. The molecule has 1 aromatic rings. The topological polar surface area (TPSA) is 38.0 Å². The summed E-state index contributed by atoms with van der Waals surface area (Å²) >= 11 is 5.99. The highest BCUT2D eigenvalue weighted by Crippen LogP contribution is 2.30. The Morgan fingerprint density at radius 1 is 1.41 bits per heavy atom. The summed E-state index contributed by atoms with van der Waals surface area (Å²) in [6.45, 7) is 3.36. The summed E-state index contributed by atoms with van der Waals surface area (Å²) in [6.07, 6.45) is 5.40. The molecule has 0 spiro atoms. The standard InChI is InChI=1S/C14H21ClN2/c1-10-4-2-5-11(8-10)9-17-13-7-3-6-12(15)14(13)16/h3,6-7,10-11,17H,2,4-5,8-9,16H2,1H3. The molecular formula is C14H21ClN2. The molecule has 3 N–H and O–H groups in total. The number of anilines is 2. The van der Waals surface area contributed by atoms with Gasteiger partial charge < -0.3 is 11.1 Å². The second-order valence-electron chi connectivity index (χ2n) is 5.22. The quantitative estimate of drug-likeness (QED) is 0.793. The Hall–Kier alpha value is -0.890. The number of hydrogen-bond acceptors (Lipinski definition) is 2. The number of para-hydroxylation sites is 1. The smallest absolute Gasteiger partial charge is 0.0739 e. The normalized spacial score (nSPS) is 24.6. The summed E-state index contributed by atoms with van der Waals surface area (Å²) in [7, 11) is 0. The summed E-state index contributed by atoms with van der Waals surface area (Å²) in [5.41, 5.74) is 7.56. The summed E-state index contributed by atoms with van der Waals surface area (Å²) in [5, 5.41) is 4.07. The van der Waals surface area contributed by atoms with Crippen molar-refractivity contribution in [1.82, 2.24) is 0 Å². The molecule has 0 heterocycles. The molecule has 2 atom stereocenters. The molecule has 17 heavy (non-hydrogen) atoms. The number of nitrogen functional groups attached to an aromatic ring is 1. The Morgan fingerprint density at radius 2 is 2.24 bits per heavy atom. The van der Waals surface area contributed by atoms with Gasteiger partial charge >= 0.3 is 0 Å². The molecule has 0 radical (unpaired) electrons. The Balaban J connectivity index is 1.91. The van der Waals surface area contributed by atoms with Crippen LogP contribution in [0.5, 0.6) is 0 Å². The number of halogens is 1. The summed E-state index contributed by atoms with van der Waals surface area (Å²) < 4.78 is 0. The molecule has 1 aliphatic carbocycles. The Labute approximate surface area is 109 Å². The molecular weight excluding hydrogens is 232 g/mol. The minimum Gasteiger partial charge on any atom is -0.396 e. The minimum absolute atomic E-state index is 0.631. The fourth-order valence-corrected chi connectivity index (χ4v) is 2.87. The molecule has 0 saturated heterocycles. The molecule has 0 aromatic heterocycles. The molecule has 1 saturated carbocycles. The van der Waals surface area contributed by atoms with E-state index in [4.69, 9.17) is 17.3 Å². The molecule has 94 valence electrons. The van der Waals surface area contributed by atoms with Gasteiger partial charge in [-0.25, -0.2) is 0 Å². The van der Waals surface area contributed by atoms with E-state index >= 15 is 0 Å². The summed E-state index contributed by atoms with van der Waals surface area (Å²) in [6, 6.07) is 5.75. The molecule has 0 amide bonds. The number of hydrogen-bond donors (Lipinski definition) is 2. The SMILES string of the molecule is CC1CCCC(CNc2cccc(Cl)c2N)C1. The van der Waals surface area contributed by atoms with Gasteiger partial charge in [-0.1, -0.05) is 37.4 Å². The maximum absolute atomic E-state index is 5.99. The van der Waals surface area contributed by atoms with Crippen LogP contribution in [0.4, 0.5) is 11.4 Å². The molecule has 1 aliphatic rings. The third kappa shape index (κ3) is 3.29. The number of rotatable bonds is 3. The predicted octanol–water partition coefficient (Wildman–Crippen LogP) is 4.16. The van der Waals surface area contributed by atoms with Gasteiger partial charge in [0.2, 0.25) is 0 Å². The Kier molecular flexibility index (Phi) is 4.16. The van der Waals surface area contributed by atoms with E-state index < -0.39 is 0 Å². The van der Waals surface area contributed by atoms with Gasteiger partial charge in [0.15, 0.2) is 0 Å². The second kappa shape index (κ2) is 5.63. The first kappa shape index (κ1) is 12.6. The lowest BCUT2D eigenvalue weighted by atomic mass is 9.82. The summed E-state index contributed by atoms with van der Waals surface area (Å²) in [4.78, 5) is 0. The van der Waals surface area contributed by atoms with Gasteiger partial charge in [0, 0.05) is 6.54 Å². The lowest BCUT2D eigenvalue weighted by Crippen LogP contribution is -2.21. The van der Waals surface area contributed by atoms with E-state index in [-0.39, 0.29) is 0 Å². The van der Waals surface area contributed by atoms with Crippen molar-refractivity contribution in [2.45, 2.75) is 32.6 Å². The van der Waals surface area contributed by atoms with Crippen molar-refractivity contribution in [3.63, 3.8) is 0 Å². The van der Waals surface area contributed by atoms with Crippen LogP contribution in [-0.2, 0) is 0 Å². The van der Waals surface area contributed by atoms with Crippen LogP contribution >= 0.6 is 11.6 Å². The van der Waals surface area contributed by atoms with E-state index in [0.717, 1.165) is 24.1 Å². The predicted molar refractivity (Wildman–Crippen MR) is 75.5 cm³/mol. The average molecular weight is 253 g/mol. The molecule has 2 rings (SSSR count). The first-order valence-electron chi connectivity index (χ1n) is 6.44. The van der Waals surface area contributed by atoms with Crippen LogP contribution in [0.2, 0.25) is 5.02 Å². The molecule has 0 bridgehead atoms. The van der Waals surface area contributed by atoms with Crippen molar-refractivity contribution in [1.29, 1.82) is 0 Å². The van der Waals surface area contributed by atoms with Gasteiger partial charge in [-0.15, -0.1) is 0 Å². The van der Waals surface area contributed by atoms with Crippen molar-refractivity contribution in [2.75, 3.05) is 17.6 Å². The van der Waals surface area contributed by atoms with Gasteiger partial charge in [-0.05, 0) is 36.8 Å². The van der Waals surface area contributed by atoms with Gasteiger partial charge in [0.1, 0.15) is 0 Å². The van der Waals surface area contributed by atoms with E-state index in [2.05, 4.69) is 12.2 Å². The van der Waals surface area contributed by atoms with E-state index in [1.165, 1.54) is 25.7 Å². The van der Waals surface area contributed by atoms with Crippen LogP contribution in [-0.4, -0.2) is 6.54 Å². The fraction of sp³-hybridized carbons (Fsp3) is 0.571. The largest absolute Gasteiger partial charge is 0.396 e. The monoisotopic (exact) mass is 252 g/mol. The third-order valence-electron chi connectivity index (χ3n) is 3.68. The van der Waals surface area contributed by atoms with Crippen molar-refractivity contribution in [3.05, 3.63) is 23.2 Å². The first-order valence-corrected chi connectivity index (χ1v) is 6.82. The molecule has 2 nitrogen and oxygen atoms in total. The first-order chi connectivity index (χ1) is 8.16. The Morgan fingerprint density at radius 3 is 3.00 bits per heavy atom. The van der Waals surface area contributed by atoms with Crippen molar-refractivity contribution >= 4 is 23.0 Å². The molecule has 1 fully saturated rings. The van der Waals surface area contributed by atoms with Crippen LogP contribution in [0.15, 0.2) is 18.2 Å². The Bertz CT molecular complexity index is 378. The highest BCUT2D eigenvalue weighted by atomic mass is 35.5. The van der Waals surface area contributed by atoms with Crippen LogP contribution < -0.4 is 11.1 Å². The van der Waals surface area contributed by atoms with E-state index in [1.54, 1.807) is 0 Å². The zero-order valence-electron chi connectivity index (χ0n) is 10.4. The fourth-order valence-electron chi connectivity index (χ4n) is 2.69. The molecule has 3 heteroatoms. The van der Waals surface area contributed by atoms with Gasteiger partial charge in [0.05, 0.1) is 16.4 Å². The van der Waals surface area contributed by atoms with E-state index in [1.807, 2.05) is 18.2 Å². The van der Waals surface area contributed by atoms with Gasteiger partial charge in [-0.3, -0.25) is 0 Å². The van der Waals surface area contributed by atoms with Crippen molar-refractivity contribution in [2.24, 2.45) is 11.8 Å². The average Bonchev–Trinajstić information content (AvgIpc) is 2.31. The van der Waals surface area contributed by atoms with E-state index in [9.17, 15) is 0 Å². The van der Waals surface area contributed by atoms with Crippen LogP contribution in [0, 0.1) is 11.8 Å². The zero-order chi connectivity index (χ0) is 12.3. The lowest BCUT2D eigenvalue weighted by molar-refractivity contribution is 0.293. The van der Waals surface area contributed by atoms with Gasteiger partial charge in [-0.2, -0.15) is 0 Å². The number of nitrogens with two attached hydrogens (primary N) is 1. The number of nitrogens with one attached hydrogen (secondary N) is 1. The molecule has 1 aromatic carbocycles. The van der Waals surface area contributed by atoms with Crippen LogP contribution in [0.1, 0.15) is 32.6 Å². The van der Waals surface area contributed by atoms with Gasteiger partial charge in [0.25, 0.3) is 0 Å².